The number of guanidine groups is 1. The molecule has 0 aliphatic heterocycles. The van der Waals surface area contributed by atoms with Gasteiger partial charge in [-0.25, -0.2) is 0 Å². The van der Waals surface area contributed by atoms with Crippen molar-refractivity contribution >= 4 is 29.9 Å². The van der Waals surface area contributed by atoms with E-state index in [1.807, 2.05) is 12.3 Å². The molecule has 0 saturated heterocycles. The van der Waals surface area contributed by atoms with Gasteiger partial charge in [0.05, 0.1) is 6.54 Å². The third-order valence-corrected chi connectivity index (χ3v) is 4.61. The van der Waals surface area contributed by atoms with Gasteiger partial charge in [0.15, 0.2) is 5.96 Å². The predicted octanol–water partition coefficient (Wildman–Crippen LogP) is 4.63. The first kappa shape index (κ1) is 22.9. The predicted molar refractivity (Wildman–Crippen MR) is 132 cm³/mol. The van der Waals surface area contributed by atoms with Crippen LogP contribution in [0.2, 0.25) is 0 Å². The molecule has 0 bridgehead atoms. The van der Waals surface area contributed by atoms with E-state index in [0.29, 0.717) is 6.54 Å². The number of benzene rings is 2. The molecule has 0 fully saturated rings. The topological polar surface area (TPSA) is 49.3 Å². The summed E-state index contributed by atoms with van der Waals surface area (Å²) in [6.45, 7) is 4.43. The Bertz CT molecular complexity index is 799. The Morgan fingerprint density at radius 1 is 0.897 bits per heavy atom. The van der Waals surface area contributed by atoms with E-state index in [4.69, 9.17) is 4.99 Å². The van der Waals surface area contributed by atoms with E-state index in [1.54, 1.807) is 6.20 Å². The summed E-state index contributed by atoms with van der Waals surface area (Å²) < 4.78 is 0. The monoisotopic (exact) mass is 500 g/mol. The van der Waals surface area contributed by atoms with Crippen molar-refractivity contribution in [1.82, 2.24) is 15.6 Å². The number of hydrogen-bond donors (Lipinski definition) is 2. The van der Waals surface area contributed by atoms with E-state index in [-0.39, 0.29) is 29.9 Å². The SMILES string of the molecule is CCNC(=NCC(c1ccccc1)c1ccccc1)NCCc1cccnc1.I. The Balaban J connectivity index is 0.00000300. The third-order valence-electron chi connectivity index (χ3n) is 4.61. The maximum Gasteiger partial charge on any atom is 0.191 e. The van der Waals surface area contributed by atoms with E-state index in [2.05, 4.69) is 89.3 Å². The van der Waals surface area contributed by atoms with Gasteiger partial charge in [-0.1, -0.05) is 66.7 Å². The van der Waals surface area contributed by atoms with Gasteiger partial charge in [-0.05, 0) is 36.1 Å². The van der Waals surface area contributed by atoms with Crippen molar-refractivity contribution in [3.63, 3.8) is 0 Å². The minimum atomic E-state index is 0. The number of nitrogens with zero attached hydrogens (tertiary/aromatic N) is 2. The van der Waals surface area contributed by atoms with Crippen molar-refractivity contribution < 1.29 is 0 Å². The first-order valence-corrected chi connectivity index (χ1v) is 9.87. The molecule has 5 heteroatoms. The van der Waals surface area contributed by atoms with Crippen LogP contribution in [0.15, 0.2) is 90.2 Å². The van der Waals surface area contributed by atoms with Crippen LogP contribution in [0.3, 0.4) is 0 Å². The van der Waals surface area contributed by atoms with E-state index in [1.165, 1.54) is 16.7 Å². The molecular weight excluding hydrogens is 471 g/mol. The Hall–Kier alpha value is -2.41. The van der Waals surface area contributed by atoms with Crippen LogP contribution in [0.1, 0.15) is 29.5 Å². The van der Waals surface area contributed by atoms with Crippen molar-refractivity contribution in [2.75, 3.05) is 19.6 Å². The summed E-state index contributed by atoms with van der Waals surface area (Å²) in [5, 5.41) is 6.79. The van der Waals surface area contributed by atoms with Crippen LogP contribution in [0.4, 0.5) is 0 Å². The number of halogens is 1. The van der Waals surface area contributed by atoms with Crippen LogP contribution in [-0.2, 0) is 6.42 Å². The lowest BCUT2D eigenvalue weighted by Crippen LogP contribution is -2.38. The van der Waals surface area contributed by atoms with Gasteiger partial charge < -0.3 is 10.6 Å². The zero-order valence-corrected chi connectivity index (χ0v) is 19.1. The quantitative estimate of drug-likeness (QED) is 0.270. The molecule has 3 aromatic rings. The molecule has 29 heavy (non-hydrogen) atoms. The average Bonchev–Trinajstić information content (AvgIpc) is 2.76. The highest BCUT2D eigenvalue weighted by Crippen LogP contribution is 2.24. The summed E-state index contributed by atoms with van der Waals surface area (Å²) in [4.78, 5) is 9.05. The summed E-state index contributed by atoms with van der Waals surface area (Å²) in [5.41, 5.74) is 3.78. The fraction of sp³-hybridized carbons (Fsp3) is 0.250. The molecule has 152 valence electrons. The molecule has 0 saturated carbocycles. The number of rotatable bonds is 8. The highest BCUT2D eigenvalue weighted by atomic mass is 127. The van der Waals surface area contributed by atoms with Gasteiger partial charge >= 0.3 is 0 Å². The summed E-state index contributed by atoms with van der Waals surface area (Å²) in [6, 6.07) is 25.2. The van der Waals surface area contributed by atoms with Crippen molar-refractivity contribution in [3.05, 3.63) is 102 Å². The van der Waals surface area contributed by atoms with Crippen molar-refractivity contribution in [3.8, 4) is 0 Å². The summed E-state index contributed by atoms with van der Waals surface area (Å²) in [5.74, 6) is 1.08. The van der Waals surface area contributed by atoms with Gasteiger partial charge in [0.1, 0.15) is 0 Å². The van der Waals surface area contributed by atoms with E-state index in [9.17, 15) is 0 Å². The van der Waals surface area contributed by atoms with Crippen LogP contribution >= 0.6 is 24.0 Å². The smallest absolute Gasteiger partial charge is 0.191 e. The molecule has 0 atom stereocenters. The van der Waals surface area contributed by atoms with Crippen molar-refractivity contribution in [2.45, 2.75) is 19.3 Å². The molecule has 2 N–H and O–H groups in total. The van der Waals surface area contributed by atoms with Crippen molar-refractivity contribution in [2.24, 2.45) is 4.99 Å². The number of aliphatic imine (C=N–C) groups is 1. The molecule has 3 rings (SSSR count). The summed E-state index contributed by atoms with van der Waals surface area (Å²) in [6.07, 6.45) is 4.63. The van der Waals surface area contributed by atoms with Gasteiger partial charge in [-0.3, -0.25) is 9.98 Å². The first-order chi connectivity index (χ1) is 13.9. The zero-order valence-electron chi connectivity index (χ0n) is 16.8. The Morgan fingerprint density at radius 2 is 1.55 bits per heavy atom. The molecule has 0 aliphatic rings. The summed E-state index contributed by atoms with van der Waals surface area (Å²) in [7, 11) is 0. The Labute approximate surface area is 190 Å². The third kappa shape index (κ3) is 7.49. The van der Waals surface area contributed by atoms with Crippen LogP contribution in [0.5, 0.6) is 0 Å². The van der Waals surface area contributed by atoms with Crippen LogP contribution in [0.25, 0.3) is 0 Å². The first-order valence-electron chi connectivity index (χ1n) is 9.87. The largest absolute Gasteiger partial charge is 0.357 e. The molecule has 4 nitrogen and oxygen atoms in total. The normalized spacial score (nSPS) is 11.0. The van der Waals surface area contributed by atoms with Crippen LogP contribution in [-0.4, -0.2) is 30.6 Å². The average molecular weight is 500 g/mol. The minimum absolute atomic E-state index is 0. The number of aromatic nitrogens is 1. The molecule has 0 aliphatic carbocycles. The maximum atomic E-state index is 4.88. The number of pyridine rings is 1. The van der Waals surface area contributed by atoms with Gasteiger partial charge in [0.2, 0.25) is 0 Å². The lowest BCUT2D eigenvalue weighted by molar-refractivity contribution is 0.769. The lowest BCUT2D eigenvalue weighted by Gasteiger charge is -2.18. The number of hydrogen-bond acceptors (Lipinski definition) is 2. The zero-order chi connectivity index (χ0) is 19.4. The Kier molecular flexibility index (Phi) is 10.2. The second kappa shape index (κ2) is 12.9. The van der Waals surface area contributed by atoms with Crippen LogP contribution in [0, 0.1) is 0 Å². The molecular formula is C24H29IN4. The second-order valence-corrected chi connectivity index (χ2v) is 6.63. The fourth-order valence-electron chi connectivity index (χ4n) is 3.17. The van der Waals surface area contributed by atoms with E-state index < -0.39 is 0 Å². The highest BCUT2D eigenvalue weighted by Gasteiger charge is 2.13. The van der Waals surface area contributed by atoms with Crippen molar-refractivity contribution in [1.29, 1.82) is 0 Å². The van der Waals surface area contributed by atoms with Gasteiger partial charge in [-0.2, -0.15) is 0 Å². The second-order valence-electron chi connectivity index (χ2n) is 6.63. The molecule has 0 spiro atoms. The molecule has 0 unspecified atom stereocenters. The molecule has 1 heterocycles. The van der Waals surface area contributed by atoms with E-state index >= 15 is 0 Å². The highest BCUT2D eigenvalue weighted by molar-refractivity contribution is 14.0. The lowest BCUT2D eigenvalue weighted by atomic mass is 9.91. The molecule has 2 aromatic carbocycles. The molecule has 0 radical (unpaired) electrons. The molecule has 0 amide bonds. The van der Waals surface area contributed by atoms with Gasteiger partial charge in [0.25, 0.3) is 0 Å². The molecule has 1 aromatic heterocycles. The van der Waals surface area contributed by atoms with Crippen LogP contribution < -0.4 is 10.6 Å². The minimum Gasteiger partial charge on any atom is -0.357 e. The fourth-order valence-corrected chi connectivity index (χ4v) is 3.17. The summed E-state index contributed by atoms with van der Waals surface area (Å²) >= 11 is 0. The maximum absolute atomic E-state index is 4.88. The van der Waals surface area contributed by atoms with Gasteiger partial charge in [-0.15, -0.1) is 24.0 Å². The van der Waals surface area contributed by atoms with Gasteiger partial charge in [0, 0.05) is 31.4 Å². The standard InChI is InChI=1S/C24H28N4.HI/c1-2-26-24(27-17-15-20-10-9-16-25-18-20)28-19-23(21-11-5-3-6-12-21)22-13-7-4-8-14-22;/h3-14,16,18,23H,2,15,17,19H2,1H3,(H2,26,27,28);1H. The Morgan fingerprint density at radius 3 is 2.10 bits per heavy atom. The van der Waals surface area contributed by atoms with E-state index in [0.717, 1.165) is 25.5 Å². The number of nitrogens with one attached hydrogen (secondary N) is 2.